The Kier molecular flexibility index (Phi) is 7.27. The van der Waals surface area contributed by atoms with Crippen LogP contribution in [0.4, 0.5) is 0 Å². The molecule has 1 unspecified atom stereocenters. The number of nitrogens with zero attached hydrogens (tertiary/aromatic N) is 2. The van der Waals surface area contributed by atoms with E-state index >= 15 is 0 Å². The molecule has 1 aliphatic rings. The van der Waals surface area contributed by atoms with E-state index in [2.05, 4.69) is 15.7 Å². The fourth-order valence-electron chi connectivity index (χ4n) is 3.44. The largest absolute Gasteiger partial charge is 0.491 e. The Labute approximate surface area is 167 Å². The van der Waals surface area contributed by atoms with Crippen LogP contribution in [0.15, 0.2) is 42.7 Å². The lowest BCUT2D eigenvalue weighted by Crippen LogP contribution is -2.55. The van der Waals surface area contributed by atoms with E-state index in [4.69, 9.17) is 4.74 Å². The SMILES string of the molecule is CC(C)Oc1ccc(C(C)NC(=O)C2(n3cccn3)CCNCC2)cc1.Cl. The van der Waals surface area contributed by atoms with Crippen LogP contribution in [0.3, 0.4) is 0 Å². The fraction of sp³-hybridized carbons (Fsp3) is 0.500. The first kappa shape index (κ1) is 21.3. The summed E-state index contributed by atoms with van der Waals surface area (Å²) in [5.41, 5.74) is 0.433. The maximum absolute atomic E-state index is 13.2. The number of ether oxygens (including phenoxy) is 1. The van der Waals surface area contributed by atoms with Crippen molar-refractivity contribution < 1.29 is 9.53 Å². The third-order valence-electron chi connectivity index (χ3n) is 4.90. The second kappa shape index (κ2) is 9.24. The van der Waals surface area contributed by atoms with Crippen LogP contribution >= 0.6 is 12.4 Å². The topological polar surface area (TPSA) is 68.2 Å². The van der Waals surface area contributed by atoms with Gasteiger partial charge in [-0.1, -0.05) is 12.1 Å². The second-order valence-electron chi connectivity index (χ2n) is 7.16. The molecular formula is C20H29ClN4O2. The third-order valence-corrected chi connectivity index (χ3v) is 4.90. The van der Waals surface area contributed by atoms with Crippen LogP contribution in [-0.4, -0.2) is 34.9 Å². The molecule has 1 saturated heterocycles. The molecule has 7 heteroatoms. The van der Waals surface area contributed by atoms with Gasteiger partial charge in [-0.05, 0) is 70.5 Å². The van der Waals surface area contributed by atoms with Crippen molar-refractivity contribution in [3.8, 4) is 5.75 Å². The molecular weight excluding hydrogens is 364 g/mol. The minimum atomic E-state index is -0.621. The number of piperidine rings is 1. The first-order chi connectivity index (χ1) is 12.5. The molecule has 27 heavy (non-hydrogen) atoms. The van der Waals surface area contributed by atoms with Gasteiger partial charge in [0.15, 0.2) is 0 Å². The van der Waals surface area contributed by atoms with E-state index in [-0.39, 0.29) is 30.5 Å². The molecule has 0 aliphatic carbocycles. The van der Waals surface area contributed by atoms with E-state index < -0.39 is 5.54 Å². The van der Waals surface area contributed by atoms with Crippen molar-refractivity contribution in [1.29, 1.82) is 0 Å². The zero-order chi connectivity index (χ0) is 18.6. The summed E-state index contributed by atoms with van der Waals surface area (Å²) >= 11 is 0. The molecule has 2 aromatic rings. The van der Waals surface area contributed by atoms with Crippen LogP contribution in [0.5, 0.6) is 5.75 Å². The lowest BCUT2D eigenvalue weighted by Gasteiger charge is -2.37. The van der Waals surface area contributed by atoms with Crippen molar-refractivity contribution in [2.24, 2.45) is 0 Å². The maximum atomic E-state index is 13.2. The Bertz CT molecular complexity index is 710. The summed E-state index contributed by atoms with van der Waals surface area (Å²) < 4.78 is 7.50. The summed E-state index contributed by atoms with van der Waals surface area (Å²) in [6.07, 6.45) is 5.22. The molecule has 1 aromatic heterocycles. The minimum absolute atomic E-state index is 0. The molecule has 3 rings (SSSR count). The molecule has 0 spiro atoms. The standard InChI is InChI=1S/C20H28N4O2.ClH/c1-15(2)26-18-7-5-17(6-8-18)16(3)23-19(25)20(9-12-21-13-10-20)24-14-4-11-22-24;/h4-8,11,14-16,21H,9-10,12-13H2,1-3H3,(H,23,25);1H. The van der Waals surface area contributed by atoms with Gasteiger partial charge in [-0.3, -0.25) is 9.48 Å². The predicted molar refractivity (Wildman–Crippen MR) is 108 cm³/mol. The van der Waals surface area contributed by atoms with E-state index in [0.29, 0.717) is 0 Å². The number of aromatic nitrogens is 2. The van der Waals surface area contributed by atoms with Gasteiger partial charge >= 0.3 is 0 Å². The third kappa shape index (κ3) is 4.82. The van der Waals surface area contributed by atoms with Crippen LogP contribution in [0, 0.1) is 0 Å². The first-order valence-corrected chi connectivity index (χ1v) is 9.30. The maximum Gasteiger partial charge on any atom is 0.248 e. The van der Waals surface area contributed by atoms with Crippen molar-refractivity contribution >= 4 is 18.3 Å². The Hall–Kier alpha value is -2.05. The van der Waals surface area contributed by atoms with E-state index in [9.17, 15) is 4.79 Å². The summed E-state index contributed by atoms with van der Waals surface area (Å²) in [5.74, 6) is 0.867. The Balaban J connectivity index is 0.00000261. The van der Waals surface area contributed by atoms with Gasteiger partial charge in [-0.25, -0.2) is 0 Å². The number of hydrogen-bond acceptors (Lipinski definition) is 4. The van der Waals surface area contributed by atoms with Crippen molar-refractivity contribution in [2.75, 3.05) is 13.1 Å². The zero-order valence-electron chi connectivity index (χ0n) is 16.1. The van der Waals surface area contributed by atoms with E-state index in [1.165, 1.54) is 0 Å². The number of amides is 1. The van der Waals surface area contributed by atoms with Crippen LogP contribution in [0.25, 0.3) is 0 Å². The lowest BCUT2D eigenvalue weighted by atomic mass is 9.87. The Morgan fingerprint density at radius 1 is 1.22 bits per heavy atom. The van der Waals surface area contributed by atoms with Crippen LogP contribution in [-0.2, 0) is 10.3 Å². The van der Waals surface area contributed by atoms with Crippen LogP contribution in [0.2, 0.25) is 0 Å². The molecule has 1 atom stereocenters. The number of carbonyl (C=O) groups is 1. The summed E-state index contributed by atoms with van der Waals surface area (Å²) in [7, 11) is 0. The summed E-state index contributed by atoms with van der Waals surface area (Å²) in [6, 6.07) is 9.70. The van der Waals surface area contributed by atoms with Crippen molar-refractivity contribution in [2.45, 2.75) is 51.3 Å². The van der Waals surface area contributed by atoms with Gasteiger partial charge in [0.2, 0.25) is 5.91 Å². The molecule has 6 nitrogen and oxygen atoms in total. The summed E-state index contributed by atoms with van der Waals surface area (Å²) in [5, 5.41) is 10.9. The normalized spacial score (nSPS) is 17.0. The molecule has 1 amide bonds. The molecule has 2 N–H and O–H groups in total. The highest BCUT2D eigenvalue weighted by molar-refractivity contribution is 5.85. The van der Waals surface area contributed by atoms with Gasteiger partial charge in [0, 0.05) is 12.4 Å². The van der Waals surface area contributed by atoms with Crippen molar-refractivity contribution in [1.82, 2.24) is 20.4 Å². The molecule has 1 fully saturated rings. The first-order valence-electron chi connectivity index (χ1n) is 9.30. The quantitative estimate of drug-likeness (QED) is 0.792. The molecule has 148 valence electrons. The monoisotopic (exact) mass is 392 g/mol. The second-order valence-corrected chi connectivity index (χ2v) is 7.16. The molecule has 0 bridgehead atoms. The van der Waals surface area contributed by atoms with Crippen LogP contribution < -0.4 is 15.4 Å². The van der Waals surface area contributed by atoms with Gasteiger partial charge in [0.25, 0.3) is 0 Å². The average Bonchev–Trinajstić information content (AvgIpc) is 3.17. The van der Waals surface area contributed by atoms with Crippen molar-refractivity contribution in [3.63, 3.8) is 0 Å². The van der Waals surface area contributed by atoms with Gasteiger partial charge in [-0.2, -0.15) is 5.10 Å². The van der Waals surface area contributed by atoms with E-state index in [1.807, 2.05) is 62.0 Å². The summed E-state index contributed by atoms with van der Waals surface area (Å²) in [4.78, 5) is 13.2. The predicted octanol–water partition coefficient (Wildman–Crippen LogP) is 3.05. The fourth-order valence-corrected chi connectivity index (χ4v) is 3.44. The van der Waals surface area contributed by atoms with Crippen LogP contribution in [0.1, 0.15) is 45.2 Å². The highest BCUT2D eigenvalue weighted by Crippen LogP contribution is 2.28. The van der Waals surface area contributed by atoms with E-state index in [1.54, 1.807) is 6.20 Å². The zero-order valence-corrected chi connectivity index (χ0v) is 17.0. The Morgan fingerprint density at radius 2 is 1.89 bits per heavy atom. The average molecular weight is 393 g/mol. The smallest absolute Gasteiger partial charge is 0.248 e. The van der Waals surface area contributed by atoms with Gasteiger partial charge in [0.1, 0.15) is 11.3 Å². The number of nitrogens with one attached hydrogen (secondary N) is 2. The number of halogens is 1. The molecule has 0 saturated carbocycles. The van der Waals surface area contributed by atoms with Gasteiger partial charge in [0.05, 0.1) is 12.1 Å². The number of benzene rings is 1. The van der Waals surface area contributed by atoms with E-state index in [0.717, 1.165) is 37.2 Å². The highest BCUT2D eigenvalue weighted by atomic mass is 35.5. The highest BCUT2D eigenvalue weighted by Gasteiger charge is 2.42. The Morgan fingerprint density at radius 3 is 2.44 bits per heavy atom. The molecule has 0 radical (unpaired) electrons. The lowest BCUT2D eigenvalue weighted by molar-refractivity contribution is -0.132. The van der Waals surface area contributed by atoms with Gasteiger partial charge in [-0.15, -0.1) is 12.4 Å². The molecule has 2 heterocycles. The summed E-state index contributed by atoms with van der Waals surface area (Å²) in [6.45, 7) is 7.63. The number of carbonyl (C=O) groups excluding carboxylic acids is 1. The number of rotatable bonds is 6. The molecule has 1 aliphatic heterocycles. The molecule has 1 aromatic carbocycles. The number of hydrogen-bond donors (Lipinski definition) is 2. The van der Waals surface area contributed by atoms with Crippen molar-refractivity contribution in [3.05, 3.63) is 48.3 Å². The minimum Gasteiger partial charge on any atom is -0.491 e. The van der Waals surface area contributed by atoms with Gasteiger partial charge < -0.3 is 15.4 Å².